The van der Waals surface area contributed by atoms with E-state index in [4.69, 9.17) is 39.1 Å². The summed E-state index contributed by atoms with van der Waals surface area (Å²) >= 11 is 0. The van der Waals surface area contributed by atoms with Gasteiger partial charge in [-0.15, -0.1) is 0 Å². The molecule has 2 N–H and O–H groups in total. The van der Waals surface area contributed by atoms with Crippen molar-refractivity contribution in [3.63, 3.8) is 0 Å². The van der Waals surface area contributed by atoms with Gasteiger partial charge in [0.15, 0.2) is 17.3 Å². The van der Waals surface area contributed by atoms with Crippen molar-refractivity contribution in [3.8, 4) is 56.9 Å². The molecule has 49 heavy (non-hydrogen) atoms. The van der Waals surface area contributed by atoms with Crippen molar-refractivity contribution < 1.29 is 33.2 Å². The molecule has 1 aliphatic heterocycles. The van der Waals surface area contributed by atoms with Crippen LogP contribution in [0, 0.1) is 0 Å². The lowest BCUT2D eigenvalue weighted by Gasteiger charge is -2.15. The molecule has 6 rings (SSSR count). The van der Waals surface area contributed by atoms with Crippen LogP contribution >= 0.6 is 0 Å². The molecule has 4 aromatic carbocycles. The Morgan fingerprint density at radius 2 is 1.39 bits per heavy atom. The Bertz CT molecular complexity index is 1830. The molecule has 0 spiro atoms. The third-order valence-electron chi connectivity index (χ3n) is 8.27. The number of rotatable bonds is 17. The summed E-state index contributed by atoms with van der Waals surface area (Å²) in [6.45, 7) is 3.19. The summed E-state index contributed by atoms with van der Waals surface area (Å²) in [4.78, 5) is 18.2. The Labute approximate surface area is 286 Å². The molecule has 254 valence electrons. The standard InChI is InChI=1S/C39H41N3O7/c1-44-32-14-9-29(10-15-32)37-38(30-11-16-33(45-2)17-12-30)42(39(41-37)31-13-18-35-36(24-31)49-26-48-35)25-27-5-7-28(8-6-27)34(43)4-3-20-46-22-23-47-21-19-40/h5-18,24H,3-4,19-23,25-26,40H2,1-2H3. The average molecular weight is 664 g/mol. The topological polar surface area (TPSA) is 116 Å². The number of nitrogens with two attached hydrogens (primary N) is 1. The average Bonchev–Trinajstić information content (AvgIpc) is 3.77. The van der Waals surface area contributed by atoms with E-state index in [2.05, 4.69) is 4.57 Å². The van der Waals surface area contributed by atoms with Gasteiger partial charge in [-0.3, -0.25) is 4.79 Å². The van der Waals surface area contributed by atoms with Crippen LogP contribution in [0.25, 0.3) is 33.9 Å². The molecule has 5 aromatic rings. The van der Waals surface area contributed by atoms with E-state index in [9.17, 15) is 4.79 Å². The molecule has 0 amide bonds. The normalized spacial score (nSPS) is 11.9. The van der Waals surface area contributed by atoms with E-state index in [-0.39, 0.29) is 12.6 Å². The summed E-state index contributed by atoms with van der Waals surface area (Å²) in [5.74, 6) is 3.76. The molecular weight excluding hydrogens is 622 g/mol. The third-order valence-corrected chi connectivity index (χ3v) is 8.27. The van der Waals surface area contributed by atoms with Gasteiger partial charge in [0.25, 0.3) is 0 Å². The largest absolute Gasteiger partial charge is 0.497 e. The maximum atomic E-state index is 13.0. The Morgan fingerprint density at radius 1 is 0.755 bits per heavy atom. The fourth-order valence-electron chi connectivity index (χ4n) is 5.72. The third kappa shape index (κ3) is 8.11. The van der Waals surface area contributed by atoms with Crippen molar-refractivity contribution in [2.75, 3.05) is 54.0 Å². The highest BCUT2D eigenvalue weighted by Crippen LogP contribution is 2.41. The van der Waals surface area contributed by atoms with Crippen LogP contribution in [0.1, 0.15) is 28.8 Å². The van der Waals surface area contributed by atoms with E-state index in [1.807, 2.05) is 91.0 Å². The zero-order chi connectivity index (χ0) is 34.0. The molecule has 0 fully saturated rings. The van der Waals surface area contributed by atoms with Gasteiger partial charge >= 0.3 is 0 Å². The van der Waals surface area contributed by atoms with Crippen LogP contribution in [-0.2, 0) is 16.0 Å². The van der Waals surface area contributed by atoms with E-state index < -0.39 is 0 Å². The molecule has 0 saturated heterocycles. The number of methoxy groups -OCH3 is 2. The predicted octanol–water partition coefficient (Wildman–Crippen LogP) is 6.63. The zero-order valence-corrected chi connectivity index (χ0v) is 27.9. The lowest BCUT2D eigenvalue weighted by atomic mass is 10.0. The monoisotopic (exact) mass is 663 g/mol. The maximum absolute atomic E-state index is 13.0. The van der Waals surface area contributed by atoms with Crippen molar-refractivity contribution >= 4 is 5.78 Å². The highest BCUT2D eigenvalue weighted by atomic mass is 16.7. The fourth-order valence-corrected chi connectivity index (χ4v) is 5.72. The van der Waals surface area contributed by atoms with Crippen LogP contribution in [-0.4, -0.2) is 69.3 Å². The number of ketones is 1. The van der Waals surface area contributed by atoms with Crippen LogP contribution in [0.5, 0.6) is 23.0 Å². The number of benzene rings is 4. The summed E-state index contributed by atoms with van der Waals surface area (Å²) in [7, 11) is 3.31. The van der Waals surface area contributed by atoms with Crippen molar-refractivity contribution in [1.82, 2.24) is 9.55 Å². The molecule has 0 unspecified atom stereocenters. The summed E-state index contributed by atoms with van der Waals surface area (Å²) in [6.07, 6.45) is 1.05. The fraction of sp³-hybridized carbons (Fsp3) is 0.282. The SMILES string of the molecule is COc1ccc(-c2nc(-c3ccc4c(c3)OCO4)n(Cc3ccc(C(=O)CCCOCCOCCN)cc3)c2-c2ccc(OC)cc2)cc1. The second kappa shape index (κ2) is 16.3. The number of imidazole rings is 1. The number of carbonyl (C=O) groups is 1. The molecule has 0 saturated carbocycles. The van der Waals surface area contributed by atoms with Gasteiger partial charge in [0, 0.05) is 48.4 Å². The van der Waals surface area contributed by atoms with Crippen LogP contribution in [0.2, 0.25) is 0 Å². The molecule has 0 aliphatic carbocycles. The summed E-state index contributed by atoms with van der Waals surface area (Å²) < 4.78 is 35.3. The van der Waals surface area contributed by atoms with Crippen molar-refractivity contribution in [2.45, 2.75) is 19.4 Å². The van der Waals surface area contributed by atoms with Crippen LogP contribution in [0.4, 0.5) is 0 Å². The second-order valence-electron chi connectivity index (χ2n) is 11.5. The van der Waals surface area contributed by atoms with Crippen molar-refractivity contribution in [2.24, 2.45) is 5.73 Å². The van der Waals surface area contributed by atoms with E-state index in [0.717, 1.165) is 51.0 Å². The number of hydrogen-bond donors (Lipinski definition) is 1. The lowest BCUT2D eigenvalue weighted by molar-refractivity contribution is 0.0489. The van der Waals surface area contributed by atoms with E-state index in [1.54, 1.807) is 14.2 Å². The lowest BCUT2D eigenvalue weighted by Crippen LogP contribution is -2.12. The molecule has 0 bridgehead atoms. The van der Waals surface area contributed by atoms with Gasteiger partial charge in [0.1, 0.15) is 17.3 Å². The predicted molar refractivity (Wildman–Crippen MR) is 188 cm³/mol. The maximum Gasteiger partial charge on any atom is 0.231 e. The Balaban J connectivity index is 1.32. The Hall–Kier alpha value is -5.16. The van der Waals surface area contributed by atoms with Crippen LogP contribution in [0.3, 0.4) is 0 Å². The number of fused-ring (bicyclic) bond motifs is 1. The molecule has 0 radical (unpaired) electrons. The minimum absolute atomic E-state index is 0.0823. The van der Waals surface area contributed by atoms with Crippen molar-refractivity contribution in [1.29, 1.82) is 0 Å². The smallest absolute Gasteiger partial charge is 0.231 e. The molecule has 1 aromatic heterocycles. The first-order chi connectivity index (χ1) is 24.1. The minimum atomic E-state index is 0.0823. The molecule has 10 heteroatoms. The second-order valence-corrected chi connectivity index (χ2v) is 11.5. The van der Waals surface area contributed by atoms with Gasteiger partial charge < -0.3 is 38.7 Å². The highest BCUT2D eigenvalue weighted by Gasteiger charge is 2.24. The quantitative estimate of drug-likeness (QED) is 0.0864. The van der Waals surface area contributed by atoms with Gasteiger partial charge in [-0.2, -0.15) is 0 Å². The van der Waals surface area contributed by atoms with Gasteiger partial charge in [0.05, 0.1) is 45.4 Å². The molecule has 1 aliphatic rings. The molecule has 0 atom stereocenters. The highest BCUT2D eigenvalue weighted by molar-refractivity contribution is 5.96. The number of carbonyl (C=O) groups excluding carboxylic acids is 1. The van der Waals surface area contributed by atoms with Crippen molar-refractivity contribution in [3.05, 3.63) is 102 Å². The Kier molecular flexibility index (Phi) is 11.2. The molecule has 2 heterocycles. The van der Waals surface area contributed by atoms with Crippen LogP contribution < -0.4 is 24.7 Å². The number of ether oxygens (including phenoxy) is 6. The number of aromatic nitrogens is 2. The minimum Gasteiger partial charge on any atom is -0.497 e. The number of Topliss-reactive ketones (excluding diaryl/α,β-unsaturated/α-hetero) is 1. The number of hydrogen-bond acceptors (Lipinski definition) is 9. The van der Waals surface area contributed by atoms with E-state index in [0.29, 0.717) is 69.4 Å². The first-order valence-corrected chi connectivity index (χ1v) is 16.3. The summed E-state index contributed by atoms with van der Waals surface area (Å²) in [5.41, 5.74) is 11.7. The number of nitrogens with zero attached hydrogens (tertiary/aromatic N) is 2. The van der Waals surface area contributed by atoms with E-state index >= 15 is 0 Å². The zero-order valence-electron chi connectivity index (χ0n) is 27.9. The van der Waals surface area contributed by atoms with Gasteiger partial charge in [-0.05, 0) is 78.7 Å². The summed E-state index contributed by atoms with van der Waals surface area (Å²) in [5, 5.41) is 0. The Morgan fingerprint density at radius 3 is 2.06 bits per heavy atom. The van der Waals surface area contributed by atoms with Gasteiger partial charge in [-0.25, -0.2) is 4.98 Å². The van der Waals surface area contributed by atoms with Crippen LogP contribution in [0.15, 0.2) is 91.0 Å². The van der Waals surface area contributed by atoms with Gasteiger partial charge in [0.2, 0.25) is 6.79 Å². The molecule has 10 nitrogen and oxygen atoms in total. The first-order valence-electron chi connectivity index (χ1n) is 16.3. The van der Waals surface area contributed by atoms with E-state index in [1.165, 1.54) is 0 Å². The first kappa shape index (κ1) is 33.7. The summed E-state index contributed by atoms with van der Waals surface area (Å²) in [6, 6.07) is 29.6. The van der Waals surface area contributed by atoms with Gasteiger partial charge in [-0.1, -0.05) is 24.3 Å². The molecular formula is C39H41N3O7.